The number of hydrogen-bond donors (Lipinski definition) is 2. The molecule has 32 heavy (non-hydrogen) atoms. The van der Waals surface area contributed by atoms with Crippen molar-refractivity contribution in [2.24, 2.45) is 12.8 Å². The molecule has 5 rings (SSSR count). The Morgan fingerprint density at radius 2 is 2.00 bits per heavy atom. The number of aliphatic hydroxyl groups excluding tert-OH is 1. The zero-order valence-electron chi connectivity index (χ0n) is 18.6. The van der Waals surface area contributed by atoms with Gasteiger partial charge in [0.25, 0.3) is 0 Å². The molecule has 168 valence electrons. The standard InChI is InChI=1S/C25H29N3O4/c1-14-17-6-4-5-7-21(17)28(3)25-23(14)18-12-16(8-9-20(18)27-25)30-10-11-31-22-13-19(26)24(29)15(2)32-22/h4-9,12,15,19,22,24,29H,10-11,13,26H2,1-3H3/t15-,19-,22+,24-/m0/s1. The second-order valence-electron chi connectivity index (χ2n) is 8.57. The fourth-order valence-electron chi connectivity index (χ4n) is 4.67. The minimum atomic E-state index is -0.659. The Bertz CT molecular complexity index is 1220. The summed E-state index contributed by atoms with van der Waals surface area (Å²) in [4.78, 5) is 4.88. The lowest BCUT2D eigenvalue weighted by molar-refractivity contribution is -0.223. The number of aryl methyl sites for hydroxylation is 2. The molecular formula is C25H29N3O4. The summed E-state index contributed by atoms with van der Waals surface area (Å²) < 4.78 is 19.5. The third-order valence-electron chi connectivity index (χ3n) is 6.46. The molecule has 0 spiro atoms. The number of nitrogens with zero attached hydrogens (tertiary/aromatic N) is 2. The first-order chi connectivity index (χ1) is 15.4. The zero-order chi connectivity index (χ0) is 22.4. The number of para-hydroxylation sites is 1. The second-order valence-corrected chi connectivity index (χ2v) is 8.57. The van der Waals surface area contributed by atoms with Crippen LogP contribution < -0.4 is 10.5 Å². The summed E-state index contributed by atoms with van der Waals surface area (Å²) in [5, 5.41) is 12.2. The predicted octanol–water partition coefficient (Wildman–Crippen LogP) is 3.36. The maximum Gasteiger partial charge on any atom is 0.159 e. The average Bonchev–Trinajstić information content (AvgIpc) is 3.18. The lowest BCUT2D eigenvalue weighted by Gasteiger charge is -2.35. The fraction of sp³-hybridized carbons (Fsp3) is 0.400. The molecule has 0 saturated carbocycles. The van der Waals surface area contributed by atoms with E-state index in [0.717, 1.165) is 28.0 Å². The van der Waals surface area contributed by atoms with Crippen LogP contribution in [-0.2, 0) is 16.5 Å². The van der Waals surface area contributed by atoms with Crippen LogP contribution in [0.1, 0.15) is 18.9 Å². The van der Waals surface area contributed by atoms with Crippen molar-refractivity contribution < 1.29 is 19.3 Å². The molecule has 3 heterocycles. The van der Waals surface area contributed by atoms with E-state index in [1.54, 1.807) is 6.92 Å². The van der Waals surface area contributed by atoms with Crippen molar-refractivity contribution in [2.45, 2.75) is 44.8 Å². The highest BCUT2D eigenvalue weighted by molar-refractivity contribution is 6.04. The summed E-state index contributed by atoms with van der Waals surface area (Å²) in [7, 11) is 2.06. The Morgan fingerprint density at radius 1 is 1.19 bits per heavy atom. The number of aliphatic hydroxyl groups is 1. The Labute approximate surface area is 187 Å². The van der Waals surface area contributed by atoms with E-state index in [0.29, 0.717) is 19.6 Å². The minimum absolute atomic E-state index is 0.342. The normalized spacial score (nSPS) is 23.9. The number of rotatable bonds is 5. The van der Waals surface area contributed by atoms with Crippen molar-refractivity contribution in [1.82, 2.24) is 9.55 Å². The Kier molecular flexibility index (Phi) is 5.51. The predicted molar refractivity (Wildman–Crippen MR) is 124 cm³/mol. The third-order valence-corrected chi connectivity index (χ3v) is 6.46. The van der Waals surface area contributed by atoms with Gasteiger partial charge in [-0.15, -0.1) is 0 Å². The van der Waals surface area contributed by atoms with Gasteiger partial charge in [0, 0.05) is 41.4 Å². The molecule has 0 aliphatic carbocycles. The van der Waals surface area contributed by atoms with Crippen LogP contribution in [0.5, 0.6) is 5.75 Å². The molecule has 3 aliphatic rings. The SMILES string of the molecule is Cc1c2c3cc(OCCO[C@H]4C[C@H](N)[C@@H](O)[C@H](C)O4)ccc3nc-2n(C)c2ccccc12. The first kappa shape index (κ1) is 21.2. The first-order valence-electron chi connectivity index (χ1n) is 11.0. The lowest BCUT2D eigenvalue weighted by atomic mass is 10.00. The highest BCUT2D eigenvalue weighted by Crippen LogP contribution is 2.39. The van der Waals surface area contributed by atoms with Crippen molar-refractivity contribution in [3.05, 3.63) is 48.0 Å². The third kappa shape index (κ3) is 3.61. The summed E-state index contributed by atoms with van der Waals surface area (Å²) in [6.45, 7) is 4.71. The number of nitrogens with two attached hydrogens (primary N) is 1. The molecule has 4 atom stereocenters. The van der Waals surface area contributed by atoms with Crippen molar-refractivity contribution in [2.75, 3.05) is 13.2 Å². The largest absolute Gasteiger partial charge is 0.491 e. The van der Waals surface area contributed by atoms with Crippen molar-refractivity contribution in [1.29, 1.82) is 0 Å². The second kappa shape index (κ2) is 8.33. The van der Waals surface area contributed by atoms with Crippen LogP contribution in [0.3, 0.4) is 0 Å². The van der Waals surface area contributed by atoms with Gasteiger partial charge in [-0.3, -0.25) is 0 Å². The molecule has 2 aromatic rings. The van der Waals surface area contributed by atoms with Crippen LogP contribution in [0.15, 0.2) is 42.5 Å². The monoisotopic (exact) mass is 435 g/mol. The van der Waals surface area contributed by atoms with Crippen LogP contribution in [0.2, 0.25) is 0 Å². The van der Waals surface area contributed by atoms with Crippen LogP contribution in [-0.4, -0.2) is 52.4 Å². The van der Waals surface area contributed by atoms with E-state index in [1.807, 2.05) is 12.1 Å². The highest BCUT2D eigenvalue weighted by atomic mass is 16.7. The van der Waals surface area contributed by atoms with E-state index in [4.69, 9.17) is 24.9 Å². The van der Waals surface area contributed by atoms with E-state index in [1.165, 1.54) is 16.5 Å². The summed E-state index contributed by atoms with van der Waals surface area (Å²) in [5.41, 5.74) is 10.4. The maximum atomic E-state index is 9.89. The molecule has 0 bridgehead atoms. The van der Waals surface area contributed by atoms with Gasteiger partial charge in [-0.1, -0.05) is 18.2 Å². The van der Waals surface area contributed by atoms with Crippen molar-refractivity contribution in [3.8, 4) is 17.1 Å². The quantitative estimate of drug-likeness (QED) is 0.467. The summed E-state index contributed by atoms with van der Waals surface area (Å²) >= 11 is 0. The topological polar surface area (TPSA) is 91.8 Å². The van der Waals surface area contributed by atoms with Crippen molar-refractivity contribution >= 4 is 21.8 Å². The lowest BCUT2D eigenvalue weighted by Crippen LogP contribution is -2.51. The molecule has 0 radical (unpaired) electrons. The van der Waals surface area contributed by atoms with E-state index in [-0.39, 0.29) is 12.1 Å². The Morgan fingerprint density at radius 3 is 2.81 bits per heavy atom. The highest BCUT2D eigenvalue weighted by Gasteiger charge is 2.33. The Balaban J connectivity index is 1.33. The summed E-state index contributed by atoms with van der Waals surface area (Å²) in [5.74, 6) is 1.74. The molecule has 0 amide bonds. The van der Waals surface area contributed by atoms with E-state index in [9.17, 15) is 5.11 Å². The van der Waals surface area contributed by atoms with E-state index in [2.05, 4.69) is 48.9 Å². The average molecular weight is 436 g/mol. The smallest absolute Gasteiger partial charge is 0.159 e. The molecule has 3 aliphatic heterocycles. The molecule has 0 aromatic heterocycles. The minimum Gasteiger partial charge on any atom is -0.491 e. The van der Waals surface area contributed by atoms with Gasteiger partial charge in [0.1, 0.15) is 18.2 Å². The van der Waals surface area contributed by atoms with Crippen LogP contribution >= 0.6 is 0 Å². The van der Waals surface area contributed by atoms with Gasteiger partial charge in [0.2, 0.25) is 0 Å². The van der Waals surface area contributed by atoms with Crippen LogP contribution in [0, 0.1) is 6.92 Å². The van der Waals surface area contributed by atoms with Gasteiger partial charge in [-0.05, 0) is 43.7 Å². The Hall–Kier alpha value is -2.71. The van der Waals surface area contributed by atoms with Gasteiger partial charge in [-0.25, -0.2) is 4.98 Å². The number of ether oxygens (including phenoxy) is 3. The first-order valence-corrected chi connectivity index (χ1v) is 11.0. The molecular weight excluding hydrogens is 406 g/mol. The molecule has 0 unspecified atom stereocenters. The molecule has 1 saturated heterocycles. The van der Waals surface area contributed by atoms with Gasteiger partial charge in [0.15, 0.2) is 6.29 Å². The summed E-state index contributed by atoms with van der Waals surface area (Å²) in [6, 6.07) is 14.1. The summed E-state index contributed by atoms with van der Waals surface area (Å²) in [6.07, 6.45) is -0.958. The molecule has 7 nitrogen and oxygen atoms in total. The van der Waals surface area contributed by atoms with Gasteiger partial charge in [-0.2, -0.15) is 0 Å². The molecule has 7 heteroatoms. The molecule has 2 aromatic carbocycles. The number of benzene rings is 2. The molecule has 3 N–H and O–H groups in total. The number of aromatic nitrogens is 2. The van der Waals surface area contributed by atoms with Crippen molar-refractivity contribution in [3.63, 3.8) is 0 Å². The molecule has 1 fully saturated rings. The maximum absolute atomic E-state index is 9.89. The van der Waals surface area contributed by atoms with Gasteiger partial charge in [0.05, 0.1) is 24.3 Å². The van der Waals surface area contributed by atoms with E-state index >= 15 is 0 Å². The number of fused-ring (bicyclic) bond motifs is 4. The van der Waals surface area contributed by atoms with Crippen LogP contribution in [0.4, 0.5) is 0 Å². The van der Waals surface area contributed by atoms with Gasteiger partial charge < -0.3 is 29.6 Å². The van der Waals surface area contributed by atoms with Gasteiger partial charge >= 0.3 is 0 Å². The van der Waals surface area contributed by atoms with E-state index < -0.39 is 12.4 Å². The number of pyridine rings is 1. The number of hydrogen-bond acceptors (Lipinski definition) is 6. The van der Waals surface area contributed by atoms with Crippen LogP contribution in [0.25, 0.3) is 33.2 Å². The fourth-order valence-corrected chi connectivity index (χ4v) is 4.67. The zero-order valence-corrected chi connectivity index (χ0v) is 18.6.